The molecular formula is C31H45FIN. The van der Waals surface area contributed by atoms with Gasteiger partial charge in [-0.1, -0.05) is 58.5 Å². The Labute approximate surface area is 221 Å². The lowest BCUT2D eigenvalue weighted by Gasteiger charge is -2.47. The van der Waals surface area contributed by atoms with Crippen LogP contribution in [0.4, 0.5) is 4.39 Å². The first-order valence-corrected chi connectivity index (χ1v) is 15.9. The second-order valence-electron chi connectivity index (χ2n) is 12.9. The Bertz CT molecular complexity index is 793. The number of hydrogen-bond donors (Lipinski definition) is 1. The van der Waals surface area contributed by atoms with Crippen LogP contribution in [-0.2, 0) is 0 Å². The molecule has 0 radical (unpaired) electrons. The average molecular weight is 578 g/mol. The molecule has 0 aromatic carbocycles. The zero-order chi connectivity index (χ0) is 23.1. The zero-order valence-corrected chi connectivity index (χ0v) is 23.1. The van der Waals surface area contributed by atoms with E-state index in [0.717, 1.165) is 54.9 Å². The first-order chi connectivity index (χ1) is 16.6. The third-order valence-corrected chi connectivity index (χ3v) is 11.9. The Hall–Kier alpha value is -0.160. The molecule has 1 N–H and O–H groups in total. The molecule has 0 aromatic rings. The van der Waals surface area contributed by atoms with Crippen LogP contribution in [0.2, 0.25) is 0 Å². The summed E-state index contributed by atoms with van der Waals surface area (Å²) in [5.41, 5.74) is 1.68. The van der Waals surface area contributed by atoms with E-state index in [9.17, 15) is 4.39 Å². The predicted molar refractivity (Wildman–Crippen MR) is 149 cm³/mol. The van der Waals surface area contributed by atoms with Gasteiger partial charge < -0.3 is 5.32 Å². The molecule has 1 aliphatic heterocycles. The fraction of sp³-hybridized carbons (Fsp3) is 0.806. The van der Waals surface area contributed by atoms with Crippen molar-refractivity contribution in [3.8, 4) is 0 Å². The van der Waals surface area contributed by atoms with Crippen molar-refractivity contribution in [1.82, 2.24) is 5.32 Å². The monoisotopic (exact) mass is 577 g/mol. The summed E-state index contributed by atoms with van der Waals surface area (Å²) < 4.78 is 14.8. The molecule has 5 aliphatic carbocycles. The summed E-state index contributed by atoms with van der Waals surface area (Å²) in [7, 11) is 0. The van der Waals surface area contributed by atoms with E-state index in [4.69, 9.17) is 0 Å². The van der Waals surface area contributed by atoms with Crippen LogP contribution in [0.25, 0.3) is 0 Å². The van der Waals surface area contributed by atoms with E-state index in [0.29, 0.717) is 21.8 Å². The lowest BCUT2D eigenvalue weighted by atomic mass is 9.59. The molecular weight excluding hydrogens is 532 g/mol. The highest BCUT2D eigenvalue weighted by atomic mass is 127. The van der Waals surface area contributed by atoms with Crippen LogP contribution in [0.1, 0.15) is 83.5 Å². The van der Waals surface area contributed by atoms with Gasteiger partial charge in [0.1, 0.15) is 6.17 Å². The van der Waals surface area contributed by atoms with Crippen molar-refractivity contribution in [2.24, 2.45) is 47.3 Å². The van der Waals surface area contributed by atoms with Crippen LogP contribution in [0.5, 0.6) is 0 Å². The third kappa shape index (κ3) is 5.27. The highest BCUT2D eigenvalue weighted by Crippen LogP contribution is 2.52. The fourth-order valence-electron chi connectivity index (χ4n) is 9.06. The number of alkyl halides is 2. The molecule has 11 unspecified atom stereocenters. The Balaban J connectivity index is 1.05. The van der Waals surface area contributed by atoms with Crippen molar-refractivity contribution < 1.29 is 4.39 Å². The van der Waals surface area contributed by atoms with Gasteiger partial charge in [0.25, 0.3) is 0 Å². The standard InChI is InChI=1S/C31H45FIN/c32-29-17-28(18-30(33)19-29)25-7-5-20-4-6-24(15-27(20)16-25)21-8-9-23-14-26(11-10-22(23)13-21)31-3-1-2-12-34-31/h1,3,5,7,14,20-25,27-31,34H,2,4,6,8-13,15-19H2. The highest BCUT2D eigenvalue weighted by molar-refractivity contribution is 14.1. The van der Waals surface area contributed by atoms with E-state index in [1.807, 2.05) is 0 Å². The van der Waals surface area contributed by atoms with Gasteiger partial charge in [-0.05, 0) is 137 Å². The van der Waals surface area contributed by atoms with Crippen molar-refractivity contribution in [3.05, 3.63) is 36.0 Å². The smallest absolute Gasteiger partial charge is 0.101 e. The van der Waals surface area contributed by atoms with Crippen molar-refractivity contribution in [1.29, 1.82) is 0 Å². The van der Waals surface area contributed by atoms with Gasteiger partial charge in [0.2, 0.25) is 0 Å². The van der Waals surface area contributed by atoms with Crippen LogP contribution in [0, 0.1) is 47.3 Å². The largest absolute Gasteiger partial charge is 0.307 e. The lowest BCUT2D eigenvalue weighted by Crippen LogP contribution is -2.38. The minimum Gasteiger partial charge on any atom is -0.307 e. The predicted octanol–water partition coefficient (Wildman–Crippen LogP) is 8.21. The quantitative estimate of drug-likeness (QED) is 0.203. The fourth-order valence-corrected chi connectivity index (χ4v) is 10.3. The minimum absolute atomic E-state index is 0.523. The third-order valence-electron chi connectivity index (χ3n) is 10.9. The summed E-state index contributed by atoms with van der Waals surface area (Å²) in [6, 6.07) is 0.523. The van der Waals surface area contributed by atoms with Crippen LogP contribution in [0.3, 0.4) is 0 Å². The maximum absolute atomic E-state index is 14.3. The zero-order valence-electron chi connectivity index (χ0n) is 20.9. The normalized spacial score (nSPS) is 49.1. The Morgan fingerprint density at radius 1 is 0.706 bits per heavy atom. The maximum atomic E-state index is 14.3. The van der Waals surface area contributed by atoms with Crippen molar-refractivity contribution in [3.63, 3.8) is 0 Å². The van der Waals surface area contributed by atoms with Gasteiger partial charge in [0.15, 0.2) is 0 Å². The number of allylic oxidation sites excluding steroid dienone is 3. The molecule has 6 aliphatic rings. The van der Waals surface area contributed by atoms with Crippen molar-refractivity contribution in [2.75, 3.05) is 6.54 Å². The molecule has 1 heterocycles. The molecule has 6 rings (SSSR count). The van der Waals surface area contributed by atoms with E-state index in [2.05, 4.69) is 58.3 Å². The van der Waals surface area contributed by atoms with Crippen molar-refractivity contribution >= 4 is 22.6 Å². The Kier molecular flexibility index (Phi) is 7.60. The van der Waals surface area contributed by atoms with Gasteiger partial charge in [0.05, 0.1) is 0 Å². The summed E-state index contributed by atoms with van der Waals surface area (Å²) in [6.45, 7) is 1.14. The second-order valence-corrected chi connectivity index (χ2v) is 14.6. The van der Waals surface area contributed by atoms with E-state index in [-0.39, 0.29) is 0 Å². The number of fused-ring (bicyclic) bond motifs is 2. The van der Waals surface area contributed by atoms with E-state index in [1.54, 1.807) is 5.57 Å². The number of hydrogen-bond acceptors (Lipinski definition) is 1. The topological polar surface area (TPSA) is 12.0 Å². The van der Waals surface area contributed by atoms with E-state index in [1.165, 1.54) is 70.6 Å². The molecule has 3 heteroatoms. The molecule has 0 spiro atoms. The van der Waals surface area contributed by atoms with Crippen LogP contribution < -0.4 is 5.32 Å². The first-order valence-electron chi connectivity index (χ1n) is 14.7. The molecule has 0 amide bonds. The maximum Gasteiger partial charge on any atom is 0.101 e. The number of rotatable bonds is 3. The lowest BCUT2D eigenvalue weighted by molar-refractivity contribution is 0.0721. The van der Waals surface area contributed by atoms with Gasteiger partial charge in [0, 0.05) is 9.97 Å². The molecule has 0 aromatic heterocycles. The van der Waals surface area contributed by atoms with Crippen LogP contribution in [-0.4, -0.2) is 22.7 Å². The minimum atomic E-state index is -0.559. The van der Waals surface area contributed by atoms with Gasteiger partial charge in [-0.3, -0.25) is 0 Å². The highest BCUT2D eigenvalue weighted by Gasteiger charge is 2.42. The molecule has 34 heavy (non-hydrogen) atoms. The van der Waals surface area contributed by atoms with Gasteiger partial charge in [-0.25, -0.2) is 4.39 Å². The van der Waals surface area contributed by atoms with Crippen molar-refractivity contribution in [2.45, 2.75) is 99.6 Å². The molecule has 3 saturated carbocycles. The molecule has 11 atom stereocenters. The van der Waals surface area contributed by atoms with Gasteiger partial charge in [-0.15, -0.1) is 0 Å². The molecule has 0 bridgehead atoms. The molecule has 0 saturated heterocycles. The molecule has 188 valence electrons. The summed E-state index contributed by atoms with van der Waals surface area (Å²) in [6.07, 6.45) is 28.9. The summed E-state index contributed by atoms with van der Waals surface area (Å²) in [5, 5.41) is 3.72. The molecule has 3 fully saturated rings. The van der Waals surface area contributed by atoms with Gasteiger partial charge in [-0.2, -0.15) is 0 Å². The van der Waals surface area contributed by atoms with E-state index < -0.39 is 6.17 Å². The number of nitrogens with one attached hydrogen (secondary N) is 1. The van der Waals surface area contributed by atoms with Crippen LogP contribution >= 0.6 is 22.6 Å². The average Bonchev–Trinajstić information content (AvgIpc) is 2.87. The summed E-state index contributed by atoms with van der Waals surface area (Å²) in [5.74, 6) is 6.65. The SMILES string of the molecule is FC1CC(I)CC(C2C=CC3CCC(C4CCC5C=C(C6C=CCCN6)CCC5C4)CC3C2)C1. The first kappa shape index (κ1) is 24.2. The van der Waals surface area contributed by atoms with E-state index >= 15 is 0 Å². The second kappa shape index (κ2) is 10.7. The van der Waals surface area contributed by atoms with Gasteiger partial charge >= 0.3 is 0 Å². The Morgan fingerprint density at radius 2 is 1.47 bits per heavy atom. The summed E-state index contributed by atoms with van der Waals surface area (Å²) in [4.78, 5) is 0. The van der Waals surface area contributed by atoms with Crippen LogP contribution in [0.15, 0.2) is 36.0 Å². The summed E-state index contributed by atoms with van der Waals surface area (Å²) >= 11 is 2.51. The Morgan fingerprint density at radius 3 is 2.26 bits per heavy atom. The number of halogens is 2. The molecule has 1 nitrogen and oxygen atoms in total.